The van der Waals surface area contributed by atoms with Gasteiger partial charge in [0.25, 0.3) is 0 Å². The van der Waals surface area contributed by atoms with Gasteiger partial charge in [0.1, 0.15) is 0 Å². The molecule has 0 fully saturated rings. The van der Waals surface area contributed by atoms with E-state index in [1.165, 1.54) is 0 Å². The lowest BCUT2D eigenvalue weighted by atomic mass is 9.95. The molecule has 0 spiro atoms. The minimum absolute atomic E-state index is 0.174. The van der Waals surface area contributed by atoms with E-state index in [4.69, 9.17) is 0 Å². The second kappa shape index (κ2) is 5.80. The third-order valence-corrected chi connectivity index (χ3v) is 2.53. The van der Waals surface area contributed by atoms with Gasteiger partial charge < -0.3 is 0 Å². The highest BCUT2D eigenvalue weighted by molar-refractivity contribution is 6.01. The first-order valence-electron chi connectivity index (χ1n) is 5.67. The average molecular weight is 222 g/mol. The summed E-state index contributed by atoms with van der Waals surface area (Å²) in [5.74, 6) is 0.174. The SMILES string of the molecule is O=C1CC=CC2=C1\C=C/C=C\C=C/C=C\C=C/2. The molecule has 2 aliphatic carbocycles. The molecule has 0 amide bonds. The van der Waals surface area contributed by atoms with Gasteiger partial charge in [-0.2, -0.15) is 0 Å². The zero-order valence-electron chi connectivity index (χ0n) is 9.54. The Balaban J connectivity index is 2.40. The largest absolute Gasteiger partial charge is 0.294 e. The molecule has 0 atom stereocenters. The number of Topliss-reactive ketones (excluding diaryl/α,β-unsaturated/α-hetero) is 1. The van der Waals surface area contributed by atoms with Crippen molar-refractivity contribution >= 4 is 5.78 Å². The standard InChI is InChI=1S/C16H14O/c17-16-13-9-11-14-10-7-5-3-1-2-4-6-8-12-15(14)16/h1-12H,13H2/b2-1-,3-1?,4-2?,5-3-,6-4-,7-5?,8-6?,10-7-,12-8-,14-10?,15-12?. The van der Waals surface area contributed by atoms with Crippen molar-refractivity contribution in [3.05, 3.63) is 84.1 Å². The summed E-state index contributed by atoms with van der Waals surface area (Å²) in [6.45, 7) is 0. The molecule has 0 unspecified atom stereocenters. The molecule has 0 aromatic heterocycles. The molecular weight excluding hydrogens is 208 g/mol. The molecule has 17 heavy (non-hydrogen) atoms. The molecule has 2 aliphatic rings. The first kappa shape index (κ1) is 11.3. The van der Waals surface area contributed by atoms with Crippen molar-refractivity contribution in [1.82, 2.24) is 0 Å². The molecule has 0 N–H and O–H groups in total. The molecule has 0 radical (unpaired) electrons. The maximum atomic E-state index is 11.8. The van der Waals surface area contributed by atoms with Crippen LogP contribution in [0.15, 0.2) is 84.1 Å². The highest BCUT2D eigenvalue weighted by Crippen LogP contribution is 2.18. The van der Waals surface area contributed by atoms with E-state index in [1.807, 2.05) is 72.9 Å². The quantitative estimate of drug-likeness (QED) is 0.612. The highest BCUT2D eigenvalue weighted by Gasteiger charge is 2.11. The van der Waals surface area contributed by atoms with Gasteiger partial charge in [0.15, 0.2) is 5.78 Å². The van der Waals surface area contributed by atoms with Crippen molar-refractivity contribution in [3.8, 4) is 0 Å². The van der Waals surface area contributed by atoms with Crippen LogP contribution in [0.5, 0.6) is 0 Å². The predicted molar refractivity (Wildman–Crippen MR) is 71.5 cm³/mol. The Morgan fingerprint density at radius 2 is 1.29 bits per heavy atom. The summed E-state index contributed by atoms with van der Waals surface area (Å²) in [6.07, 6.45) is 23.8. The number of allylic oxidation sites excluding steroid dienone is 14. The van der Waals surface area contributed by atoms with E-state index in [2.05, 4.69) is 0 Å². The number of hydrogen-bond donors (Lipinski definition) is 0. The Bertz CT molecular complexity index is 506. The lowest BCUT2D eigenvalue weighted by Crippen LogP contribution is -2.05. The zero-order chi connectivity index (χ0) is 11.9. The van der Waals surface area contributed by atoms with E-state index in [-0.39, 0.29) is 5.78 Å². The number of ketones is 1. The molecule has 0 saturated heterocycles. The third-order valence-electron chi connectivity index (χ3n) is 2.53. The van der Waals surface area contributed by atoms with E-state index in [9.17, 15) is 4.79 Å². The van der Waals surface area contributed by atoms with Gasteiger partial charge in [-0.05, 0) is 5.57 Å². The molecule has 1 heteroatoms. The smallest absolute Gasteiger partial charge is 0.167 e. The Kier molecular flexibility index (Phi) is 3.87. The summed E-state index contributed by atoms with van der Waals surface area (Å²) in [5.41, 5.74) is 1.76. The van der Waals surface area contributed by atoms with E-state index < -0.39 is 0 Å². The summed E-state index contributed by atoms with van der Waals surface area (Å²) in [7, 11) is 0. The van der Waals surface area contributed by atoms with E-state index >= 15 is 0 Å². The first-order chi connectivity index (χ1) is 8.38. The van der Waals surface area contributed by atoms with Crippen LogP contribution >= 0.6 is 0 Å². The van der Waals surface area contributed by atoms with Crippen LogP contribution in [0.4, 0.5) is 0 Å². The summed E-state index contributed by atoms with van der Waals surface area (Å²) in [4.78, 5) is 11.8. The Hall–Kier alpha value is -2.15. The number of carbonyl (C=O) groups excluding carboxylic acids is 1. The fraction of sp³-hybridized carbons (Fsp3) is 0.0625. The van der Waals surface area contributed by atoms with Crippen molar-refractivity contribution in [2.24, 2.45) is 0 Å². The lowest BCUT2D eigenvalue weighted by Gasteiger charge is -2.08. The van der Waals surface area contributed by atoms with Crippen LogP contribution in [0.1, 0.15) is 6.42 Å². The van der Waals surface area contributed by atoms with Gasteiger partial charge in [-0.3, -0.25) is 4.79 Å². The fourth-order valence-electron chi connectivity index (χ4n) is 1.68. The predicted octanol–water partition coefficient (Wildman–Crippen LogP) is 3.61. The fourth-order valence-corrected chi connectivity index (χ4v) is 1.68. The van der Waals surface area contributed by atoms with Crippen LogP contribution < -0.4 is 0 Å². The molecule has 0 heterocycles. The topological polar surface area (TPSA) is 17.1 Å². The Morgan fingerprint density at radius 1 is 0.706 bits per heavy atom. The van der Waals surface area contributed by atoms with Crippen molar-refractivity contribution < 1.29 is 4.79 Å². The minimum atomic E-state index is 0.174. The van der Waals surface area contributed by atoms with Gasteiger partial charge in [0.05, 0.1) is 0 Å². The molecule has 2 rings (SSSR count). The lowest BCUT2D eigenvalue weighted by molar-refractivity contribution is -0.114. The molecule has 1 nitrogen and oxygen atoms in total. The minimum Gasteiger partial charge on any atom is -0.294 e. The van der Waals surface area contributed by atoms with Crippen molar-refractivity contribution in [2.75, 3.05) is 0 Å². The van der Waals surface area contributed by atoms with Crippen LogP contribution in [0, 0.1) is 0 Å². The van der Waals surface area contributed by atoms with Crippen LogP contribution in [-0.4, -0.2) is 5.78 Å². The van der Waals surface area contributed by atoms with E-state index in [0.29, 0.717) is 6.42 Å². The molecular formula is C16H14O. The molecule has 84 valence electrons. The molecule has 0 aliphatic heterocycles. The Labute approximate surface area is 102 Å². The zero-order valence-corrected chi connectivity index (χ0v) is 9.54. The Morgan fingerprint density at radius 3 is 2.00 bits per heavy atom. The van der Waals surface area contributed by atoms with Gasteiger partial charge in [-0.25, -0.2) is 0 Å². The highest BCUT2D eigenvalue weighted by atomic mass is 16.1. The van der Waals surface area contributed by atoms with Crippen LogP contribution in [0.3, 0.4) is 0 Å². The molecule has 0 aromatic rings. The van der Waals surface area contributed by atoms with Crippen molar-refractivity contribution in [3.63, 3.8) is 0 Å². The normalized spacial score (nSPS) is 28.6. The van der Waals surface area contributed by atoms with Crippen LogP contribution in [-0.2, 0) is 4.79 Å². The van der Waals surface area contributed by atoms with E-state index in [0.717, 1.165) is 11.1 Å². The maximum Gasteiger partial charge on any atom is 0.167 e. The number of carbonyl (C=O) groups is 1. The first-order valence-corrected chi connectivity index (χ1v) is 5.67. The van der Waals surface area contributed by atoms with Gasteiger partial charge in [-0.15, -0.1) is 0 Å². The van der Waals surface area contributed by atoms with Crippen LogP contribution in [0.25, 0.3) is 0 Å². The second-order valence-corrected chi connectivity index (χ2v) is 3.77. The monoisotopic (exact) mass is 222 g/mol. The summed E-state index contributed by atoms with van der Waals surface area (Å²) < 4.78 is 0. The van der Waals surface area contributed by atoms with Gasteiger partial charge in [0, 0.05) is 12.0 Å². The second-order valence-electron chi connectivity index (χ2n) is 3.77. The molecule has 0 bridgehead atoms. The van der Waals surface area contributed by atoms with Gasteiger partial charge in [-0.1, -0.05) is 72.9 Å². The van der Waals surface area contributed by atoms with Crippen molar-refractivity contribution in [2.45, 2.75) is 6.42 Å². The summed E-state index contributed by atoms with van der Waals surface area (Å²) in [6, 6.07) is 0. The van der Waals surface area contributed by atoms with Gasteiger partial charge >= 0.3 is 0 Å². The van der Waals surface area contributed by atoms with Crippen molar-refractivity contribution in [1.29, 1.82) is 0 Å². The summed E-state index contributed by atoms with van der Waals surface area (Å²) in [5, 5.41) is 0. The van der Waals surface area contributed by atoms with Crippen LogP contribution in [0.2, 0.25) is 0 Å². The van der Waals surface area contributed by atoms with E-state index in [1.54, 1.807) is 0 Å². The molecule has 0 saturated carbocycles. The van der Waals surface area contributed by atoms with Gasteiger partial charge in [0.2, 0.25) is 0 Å². The molecule has 0 aromatic carbocycles. The maximum absolute atomic E-state index is 11.8. The number of hydrogen-bond acceptors (Lipinski definition) is 1. The third kappa shape index (κ3) is 3.15. The number of rotatable bonds is 0. The summed E-state index contributed by atoms with van der Waals surface area (Å²) >= 11 is 0. The average Bonchev–Trinajstić information content (AvgIpc) is 2.31.